The van der Waals surface area contributed by atoms with Gasteiger partial charge in [0.15, 0.2) is 5.78 Å². The zero-order valence-electron chi connectivity index (χ0n) is 8.84. The maximum atomic E-state index is 13.4. The highest BCUT2D eigenvalue weighted by Gasteiger charge is 2.13. The number of rotatable bonds is 4. The summed E-state index contributed by atoms with van der Waals surface area (Å²) in [6.07, 6.45) is 0.142. The normalized spacial score (nSPS) is 10.1. The predicted octanol–water partition coefficient (Wildman–Crippen LogP) is 1.67. The minimum Gasteiger partial charge on any atom is -0.496 e. The van der Waals surface area contributed by atoms with Gasteiger partial charge in [0.1, 0.15) is 11.6 Å². The molecule has 3 nitrogen and oxygen atoms in total. The van der Waals surface area contributed by atoms with Crippen molar-refractivity contribution in [2.45, 2.75) is 13.3 Å². The van der Waals surface area contributed by atoms with Crippen LogP contribution in [-0.4, -0.2) is 19.4 Å². The van der Waals surface area contributed by atoms with Gasteiger partial charge in [0.2, 0.25) is 0 Å². The van der Waals surface area contributed by atoms with Crippen molar-refractivity contribution in [1.29, 1.82) is 0 Å². The molecule has 0 aliphatic carbocycles. The lowest BCUT2D eigenvalue weighted by Crippen LogP contribution is -2.10. The van der Waals surface area contributed by atoms with Crippen LogP contribution in [0.1, 0.15) is 22.3 Å². The van der Waals surface area contributed by atoms with Crippen LogP contribution in [0.15, 0.2) is 12.1 Å². The molecule has 0 saturated carbocycles. The summed E-state index contributed by atoms with van der Waals surface area (Å²) in [6.45, 7) is 1.94. The monoisotopic (exact) mass is 211 g/mol. The lowest BCUT2D eigenvalue weighted by molar-refractivity contribution is 0.0981. The van der Waals surface area contributed by atoms with Crippen LogP contribution in [0, 0.1) is 12.7 Å². The average Bonchev–Trinajstić information content (AvgIpc) is 2.18. The maximum absolute atomic E-state index is 13.4. The first kappa shape index (κ1) is 11.7. The Morgan fingerprint density at radius 3 is 2.73 bits per heavy atom. The van der Waals surface area contributed by atoms with Gasteiger partial charge in [-0.2, -0.15) is 0 Å². The summed E-state index contributed by atoms with van der Waals surface area (Å²) in [7, 11) is 1.48. The van der Waals surface area contributed by atoms with Crippen molar-refractivity contribution in [2.24, 2.45) is 5.73 Å². The number of ketones is 1. The van der Waals surface area contributed by atoms with E-state index in [9.17, 15) is 9.18 Å². The molecule has 0 fully saturated rings. The number of carbonyl (C=O) groups excluding carboxylic acids is 1. The average molecular weight is 211 g/mol. The van der Waals surface area contributed by atoms with Gasteiger partial charge in [0, 0.05) is 6.42 Å². The van der Waals surface area contributed by atoms with Crippen LogP contribution >= 0.6 is 0 Å². The lowest BCUT2D eigenvalue weighted by atomic mass is 10.0. The first-order valence-corrected chi connectivity index (χ1v) is 4.67. The molecule has 0 atom stereocenters. The summed E-state index contributed by atoms with van der Waals surface area (Å²) in [6, 6.07) is 2.71. The Bertz CT molecular complexity index is 377. The number of halogens is 1. The number of aryl methyl sites for hydroxylation is 1. The zero-order valence-corrected chi connectivity index (χ0v) is 8.84. The van der Waals surface area contributed by atoms with Gasteiger partial charge in [-0.3, -0.25) is 4.79 Å². The molecule has 0 aliphatic heterocycles. The molecule has 0 unspecified atom stereocenters. The van der Waals surface area contributed by atoms with Gasteiger partial charge >= 0.3 is 0 Å². The molecule has 15 heavy (non-hydrogen) atoms. The number of nitrogens with two attached hydrogens (primary N) is 1. The summed E-state index contributed by atoms with van der Waals surface area (Å²) in [5, 5.41) is 0. The standard InChI is InChI=1S/C11H14FNO2/c1-7-5-9(12)8(6-11(7)15-2)10(14)3-4-13/h5-6H,3-4,13H2,1-2H3. The second kappa shape index (κ2) is 4.89. The van der Waals surface area contributed by atoms with Crippen LogP contribution in [0.4, 0.5) is 4.39 Å². The highest BCUT2D eigenvalue weighted by molar-refractivity contribution is 5.96. The molecular formula is C11H14FNO2. The van der Waals surface area contributed by atoms with Gasteiger partial charge in [-0.05, 0) is 31.2 Å². The van der Waals surface area contributed by atoms with Gasteiger partial charge in [0.05, 0.1) is 12.7 Å². The molecule has 0 saturated heterocycles. The van der Waals surface area contributed by atoms with Crippen LogP contribution in [-0.2, 0) is 0 Å². The van der Waals surface area contributed by atoms with Gasteiger partial charge in [0.25, 0.3) is 0 Å². The van der Waals surface area contributed by atoms with E-state index in [4.69, 9.17) is 10.5 Å². The maximum Gasteiger partial charge on any atom is 0.167 e. The molecule has 0 aliphatic rings. The minimum atomic E-state index is -0.522. The second-order valence-corrected chi connectivity index (χ2v) is 3.26. The van der Waals surface area contributed by atoms with Gasteiger partial charge < -0.3 is 10.5 Å². The summed E-state index contributed by atoms with van der Waals surface area (Å²) >= 11 is 0. The molecule has 1 rings (SSSR count). The van der Waals surface area contributed by atoms with Crippen molar-refractivity contribution in [3.8, 4) is 5.75 Å². The van der Waals surface area contributed by atoms with Crippen LogP contribution in [0.3, 0.4) is 0 Å². The van der Waals surface area contributed by atoms with E-state index in [1.807, 2.05) is 0 Å². The third-order valence-corrected chi connectivity index (χ3v) is 2.16. The van der Waals surface area contributed by atoms with E-state index >= 15 is 0 Å². The highest BCUT2D eigenvalue weighted by atomic mass is 19.1. The van der Waals surface area contributed by atoms with Crippen molar-refractivity contribution < 1.29 is 13.9 Å². The number of hydrogen-bond acceptors (Lipinski definition) is 3. The summed E-state index contributed by atoms with van der Waals surface area (Å²) in [5.74, 6) is -0.308. The first-order valence-electron chi connectivity index (χ1n) is 4.67. The van der Waals surface area contributed by atoms with E-state index in [-0.39, 0.29) is 24.3 Å². The van der Waals surface area contributed by atoms with Gasteiger partial charge in [-0.25, -0.2) is 4.39 Å². The molecule has 0 heterocycles. The molecule has 0 aromatic heterocycles. The number of benzene rings is 1. The third kappa shape index (κ3) is 2.53. The van der Waals surface area contributed by atoms with E-state index in [0.29, 0.717) is 11.3 Å². The van der Waals surface area contributed by atoms with E-state index in [0.717, 1.165) is 0 Å². The van der Waals surface area contributed by atoms with Crippen LogP contribution in [0.5, 0.6) is 5.75 Å². The van der Waals surface area contributed by atoms with E-state index < -0.39 is 5.82 Å². The van der Waals surface area contributed by atoms with Crippen LogP contribution < -0.4 is 10.5 Å². The minimum absolute atomic E-state index is 0.0444. The largest absolute Gasteiger partial charge is 0.496 e. The molecule has 0 amide bonds. The van der Waals surface area contributed by atoms with Crippen molar-refractivity contribution in [3.63, 3.8) is 0 Å². The summed E-state index contributed by atoms with van der Waals surface area (Å²) in [5.41, 5.74) is 5.95. The lowest BCUT2D eigenvalue weighted by Gasteiger charge is -2.08. The van der Waals surface area contributed by atoms with Crippen molar-refractivity contribution in [2.75, 3.05) is 13.7 Å². The Morgan fingerprint density at radius 2 is 2.20 bits per heavy atom. The molecule has 4 heteroatoms. The fourth-order valence-corrected chi connectivity index (χ4v) is 1.35. The molecule has 0 spiro atoms. The Hall–Kier alpha value is -1.42. The van der Waals surface area contributed by atoms with Gasteiger partial charge in [-0.15, -0.1) is 0 Å². The predicted molar refractivity (Wildman–Crippen MR) is 55.7 cm³/mol. The smallest absolute Gasteiger partial charge is 0.167 e. The topological polar surface area (TPSA) is 52.3 Å². The Balaban J connectivity index is 3.12. The van der Waals surface area contributed by atoms with E-state index in [2.05, 4.69) is 0 Å². The number of hydrogen-bond donors (Lipinski definition) is 1. The molecule has 2 N–H and O–H groups in total. The summed E-state index contributed by atoms with van der Waals surface area (Å²) in [4.78, 5) is 11.5. The fourth-order valence-electron chi connectivity index (χ4n) is 1.35. The molecular weight excluding hydrogens is 197 g/mol. The molecule has 0 bridgehead atoms. The number of methoxy groups -OCH3 is 1. The van der Waals surface area contributed by atoms with E-state index in [1.54, 1.807) is 6.92 Å². The quantitative estimate of drug-likeness (QED) is 0.771. The third-order valence-electron chi connectivity index (χ3n) is 2.16. The first-order chi connectivity index (χ1) is 7.10. The zero-order chi connectivity index (χ0) is 11.4. The Morgan fingerprint density at radius 1 is 1.53 bits per heavy atom. The molecule has 82 valence electrons. The van der Waals surface area contributed by atoms with Crippen LogP contribution in [0.2, 0.25) is 0 Å². The molecule has 1 aromatic carbocycles. The van der Waals surface area contributed by atoms with Crippen molar-refractivity contribution in [1.82, 2.24) is 0 Å². The fraction of sp³-hybridized carbons (Fsp3) is 0.364. The Labute approximate surface area is 88.0 Å². The van der Waals surface area contributed by atoms with E-state index in [1.165, 1.54) is 19.2 Å². The second-order valence-electron chi connectivity index (χ2n) is 3.26. The number of ether oxygens (including phenoxy) is 1. The van der Waals surface area contributed by atoms with Crippen LogP contribution in [0.25, 0.3) is 0 Å². The molecule has 0 radical (unpaired) electrons. The summed E-state index contributed by atoms with van der Waals surface area (Å²) < 4.78 is 18.4. The number of carbonyl (C=O) groups is 1. The van der Waals surface area contributed by atoms with Crippen molar-refractivity contribution >= 4 is 5.78 Å². The molecule has 1 aromatic rings. The SMILES string of the molecule is COc1cc(C(=O)CCN)c(F)cc1C. The van der Waals surface area contributed by atoms with Gasteiger partial charge in [-0.1, -0.05) is 0 Å². The Kier molecular flexibility index (Phi) is 3.80. The van der Waals surface area contributed by atoms with Crippen molar-refractivity contribution in [3.05, 3.63) is 29.1 Å². The number of Topliss-reactive ketones (excluding diaryl/α,β-unsaturated/α-hetero) is 1. The highest BCUT2D eigenvalue weighted by Crippen LogP contribution is 2.22.